The molecule has 2 aromatic rings. The van der Waals surface area contributed by atoms with Gasteiger partial charge in [0.2, 0.25) is 0 Å². The molecule has 1 aliphatic carbocycles. The number of carbonyl (C=O) groups excluding carboxylic acids is 1. The Bertz CT molecular complexity index is 741. The fourth-order valence-electron chi connectivity index (χ4n) is 2.93. The van der Waals surface area contributed by atoms with Gasteiger partial charge >= 0.3 is 0 Å². The predicted molar refractivity (Wildman–Crippen MR) is 89.9 cm³/mol. The molecular weight excluding hydrogens is 316 g/mol. The highest BCUT2D eigenvalue weighted by molar-refractivity contribution is 7.71. The standard InChI is InChI=1S/C15H20N4OS2/c1-9(2)19-13(17-18-15(19)21)7-16-14(20)11-8-22-12-6-4-3-5-10(11)12/h8-9H,3-7H2,1-2H3,(H,16,20)(H,18,21). The first-order chi connectivity index (χ1) is 10.6. The lowest BCUT2D eigenvalue weighted by Gasteiger charge is -2.13. The van der Waals surface area contributed by atoms with E-state index in [2.05, 4.69) is 15.5 Å². The number of nitrogens with zero attached hydrogens (tertiary/aromatic N) is 2. The van der Waals surface area contributed by atoms with Crippen LogP contribution < -0.4 is 5.32 Å². The summed E-state index contributed by atoms with van der Waals surface area (Å²) < 4.78 is 2.52. The Morgan fingerprint density at radius 3 is 3.05 bits per heavy atom. The summed E-state index contributed by atoms with van der Waals surface area (Å²) in [7, 11) is 0. The van der Waals surface area contributed by atoms with E-state index in [9.17, 15) is 4.79 Å². The zero-order valence-corrected chi connectivity index (χ0v) is 14.4. The Morgan fingerprint density at radius 1 is 1.50 bits per heavy atom. The highest BCUT2D eigenvalue weighted by atomic mass is 32.1. The van der Waals surface area contributed by atoms with Gasteiger partial charge in [-0.15, -0.1) is 11.3 Å². The number of H-pyrrole nitrogens is 1. The highest BCUT2D eigenvalue weighted by Crippen LogP contribution is 2.30. The molecule has 2 heterocycles. The van der Waals surface area contributed by atoms with Crippen LogP contribution in [-0.4, -0.2) is 20.7 Å². The molecule has 5 nitrogen and oxygen atoms in total. The largest absolute Gasteiger partial charge is 0.345 e. The van der Waals surface area contributed by atoms with Gasteiger partial charge in [0.25, 0.3) is 5.91 Å². The molecule has 1 amide bonds. The van der Waals surface area contributed by atoms with Crippen molar-refractivity contribution in [1.29, 1.82) is 0 Å². The molecule has 3 rings (SSSR count). The second-order valence-corrected chi connectivity index (χ2v) is 7.20. The molecular formula is C15H20N4OS2. The minimum absolute atomic E-state index is 0.0105. The van der Waals surface area contributed by atoms with Gasteiger partial charge in [-0.25, -0.2) is 0 Å². The third-order valence-corrected chi connectivity index (χ3v) is 5.38. The molecule has 0 radical (unpaired) electrons. The molecule has 0 aromatic carbocycles. The predicted octanol–water partition coefficient (Wildman–Crippen LogP) is 3.39. The fraction of sp³-hybridized carbons (Fsp3) is 0.533. The molecule has 0 fully saturated rings. The van der Waals surface area contributed by atoms with Gasteiger partial charge in [0.1, 0.15) is 0 Å². The van der Waals surface area contributed by atoms with Crippen LogP contribution in [0, 0.1) is 4.77 Å². The van der Waals surface area contributed by atoms with Crippen molar-refractivity contribution < 1.29 is 4.79 Å². The third kappa shape index (κ3) is 2.87. The Hall–Kier alpha value is -1.47. The van der Waals surface area contributed by atoms with E-state index >= 15 is 0 Å². The first-order valence-electron chi connectivity index (χ1n) is 7.61. The number of hydrogen-bond donors (Lipinski definition) is 2. The number of carbonyl (C=O) groups is 1. The van der Waals surface area contributed by atoms with Crippen LogP contribution in [0.2, 0.25) is 0 Å². The number of amides is 1. The number of hydrogen-bond acceptors (Lipinski definition) is 4. The molecule has 118 valence electrons. The van der Waals surface area contributed by atoms with Gasteiger partial charge in [-0.05, 0) is 57.3 Å². The lowest BCUT2D eigenvalue weighted by molar-refractivity contribution is 0.0948. The van der Waals surface area contributed by atoms with Crippen molar-refractivity contribution in [1.82, 2.24) is 20.1 Å². The summed E-state index contributed by atoms with van der Waals surface area (Å²) in [4.78, 5) is 13.8. The number of rotatable bonds is 4. The second kappa shape index (κ2) is 6.34. The van der Waals surface area contributed by atoms with Crippen molar-refractivity contribution in [3.8, 4) is 0 Å². The zero-order valence-electron chi connectivity index (χ0n) is 12.8. The molecule has 0 unspecified atom stereocenters. The molecule has 22 heavy (non-hydrogen) atoms. The maximum absolute atomic E-state index is 12.5. The zero-order chi connectivity index (χ0) is 15.7. The summed E-state index contributed by atoms with van der Waals surface area (Å²) >= 11 is 6.93. The molecule has 1 aliphatic rings. The molecule has 0 spiro atoms. The van der Waals surface area contributed by atoms with E-state index in [1.54, 1.807) is 11.3 Å². The van der Waals surface area contributed by atoms with E-state index in [0.717, 1.165) is 24.2 Å². The van der Waals surface area contributed by atoms with E-state index in [0.29, 0.717) is 11.3 Å². The smallest absolute Gasteiger partial charge is 0.252 e. The quantitative estimate of drug-likeness (QED) is 0.841. The van der Waals surface area contributed by atoms with E-state index in [-0.39, 0.29) is 11.9 Å². The average molecular weight is 336 g/mol. The second-order valence-electron chi connectivity index (χ2n) is 5.85. The Kier molecular flexibility index (Phi) is 4.44. The van der Waals surface area contributed by atoms with Crippen molar-refractivity contribution in [2.75, 3.05) is 0 Å². The van der Waals surface area contributed by atoms with Gasteiger partial charge < -0.3 is 9.88 Å². The number of aromatic amines is 1. The van der Waals surface area contributed by atoms with Gasteiger partial charge in [-0.1, -0.05) is 0 Å². The van der Waals surface area contributed by atoms with Crippen molar-refractivity contribution in [2.45, 2.75) is 52.1 Å². The molecule has 7 heteroatoms. The summed E-state index contributed by atoms with van der Waals surface area (Å²) in [6, 6.07) is 0.215. The van der Waals surface area contributed by atoms with Crippen LogP contribution in [0.5, 0.6) is 0 Å². The molecule has 0 saturated carbocycles. The number of thiophene rings is 1. The Morgan fingerprint density at radius 2 is 2.27 bits per heavy atom. The topological polar surface area (TPSA) is 62.7 Å². The van der Waals surface area contributed by atoms with Crippen molar-refractivity contribution in [2.24, 2.45) is 0 Å². The molecule has 2 N–H and O–H groups in total. The maximum atomic E-state index is 12.5. The lowest BCUT2D eigenvalue weighted by atomic mass is 9.96. The van der Waals surface area contributed by atoms with Crippen LogP contribution in [0.1, 0.15) is 59.4 Å². The molecule has 0 saturated heterocycles. The number of aryl methyl sites for hydroxylation is 1. The van der Waals surface area contributed by atoms with Gasteiger partial charge in [0.15, 0.2) is 10.6 Å². The van der Waals surface area contributed by atoms with E-state index in [1.807, 2.05) is 23.8 Å². The normalized spacial score (nSPS) is 14.1. The third-order valence-electron chi connectivity index (χ3n) is 4.01. The van der Waals surface area contributed by atoms with Gasteiger partial charge in [-0.2, -0.15) is 5.10 Å². The van der Waals surface area contributed by atoms with E-state index in [1.165, 1.54) is 23.3 Å². The maximum Gasteiger partial charge on any atom is 0.252 e. The van der Waals surface area contributed by atoms with Crippen molar-refractivity contribution in [3.63, 3.8) is 0 Å². The molecule has 0 aliphatic heterocycles. The molecule has 0 bridgehead atoms. The van der Waals surface area contributed by atoms with Gasteiger partial charge in [-0.3, -0.25) is 9.89 Å². The number of nitrogens with one attached hydrogen (secondary N) is 2. The lowest BCUT2D eigenvalue weighted by Crippen LogP contribution is -2.26. The monoisotopic (exact) mass is 336 g/mol. The Labute approximate surface area is 138 Å². The van der Waals surface area contributed by atoms with Crippen LogP contribution >= 0.6 is 23.6 Å². The summed E-state index contributed by atoms with van der Waals surface area (Å²) in [5.41, 5.74) is 2.08. The van der Waals surface area contributed by atoms with Crippen LogP contribution in [0.4, 0.5) is 0 Å². The summed E-state index contributed by atoms with van der Waals surface area (Å²) in [6.07, 6.45) is 4.54. The molecule has 2 aromatic heterocycles. The van der Waals surface area contributed by atoms with Crippen LogP contribution in [0.15, 0.2) is 5.38 Å². The van der Waals surface area contributed by atoms with Crippen molar-refractivity contribution in [3.05, 3.63) is 32.0 Å². The van der Waals surface area contributed by atoms with Crippen molar-refractivity contribution >= 4 is 29.5 Å². The fourth-order valence-corrected chi connectivity index (χ4v) is 4.42. The molecule has 0 atom stereocenters. The van der Waals surface area contributed by atoms with Crippen LogP contribution in [-0.2, 0) is 19.4 Å². The van der Waals surface area contributed by atoms with Gasteiger partial charge in [0, 0.05) is 16.3 Å². The average Bonchev–Trinajstić information content (AvgIpc) is 3.08. The first kappa shape index (κ1) is 15.4. The number of aromatic nitrogens is 3. The summed E-state index contributed by atoms with van der Waals surface area (Å²) in [5, 5.41) is 12.0. The van der Waals surface area contributed by atoms with Gasteiger partial charge in [0.05, 0.1) is 12.1 Å². The minimum Gasteiger partial charge on any atom is -0.345 e. The highest BCUT2D eigenvalue weighted by Gasteiger charge is 2.20. The van der Waals surface area contributed by atoms with Crippen LogP contribution in [0.3, 0.4) is 0 Å². The summed E-state index contributed by atoms with van der Waals surface area (Å²) in [5.74, 6) is 0.751. The number of fused-ring (bicyclic) bond motifs is 1. The SMILES string of the molecule is CC(C)n1c(CNC(=O)c2csc3c2CCCC3)n[nH]c1=S. The first-order valence-corrected chi connectivity index (χ1v) is 8.90. The Balaban J connectivity index is 1.73. The van der Waals surface area contributed by atoms with E-state index < -0.39 is 0 Å². The minimum atomic E-state index is -0.0105. The summed E-state index contributed by atoms with van der Waals surface area (Å²) in [6.45, 7) is 4.48. The van der Waals surface area contributed by atoms with E-state index in [4.69, 9.17) is 12.2 Å². The van der Waals surface area contributed by atoms with Crippen LogP contribution in [0.25, 0.3) is 0 Å².